The molecular formula is C18H17FN4O3S2. The lowest BCUT2D eigenvalue weighted by Crippen LogP contribution is -2.26. The van der Waals surface area contributed by atoms with Crippen molar-refractivity contribution < 1.29 is 17.6 Å². The molecule has 28 heavy (non-hydrogen) atoms. The summed E-state index contributed by atoms with van der Waals surface area (Å²) < 4.78 is 40.2. The molecule has 0 aliphatic rings. The van der Waals surface area contributed by atoms with Gasteiger partial charge in [-0.3, -0.25) is 10.1 Å². The van der Waals surface area contributed by atoms with Crippen LogP contribution in [0.15, 0.2) is 52.9 Å². The highest BCUT2D eigenvalue weighted by Crippen LogP contribution is 2.23. The highest BCUT2D eigenvalue weighted by Gasteiger charge is 2.24. The van der Waals surface area contributed by atoms with Crippen molar-refractivity contribution in [3.05, 3.63) is 71.0 Å². The van der Waals surface area contributed by atoms with E-state index in [1.165, 1.54) is 24.3 Å². The maximum Gasteiger partial charge on any atom is 0.270 e. The summed E-state index contributed by atoms with van der Waals surface area (Å²) in [6.07, 6.45) is 0. The Morgan fingerprint density at radius 2 is 1.79 bits per heavy atom. The maximum absolute atomic E-state index is 13.0. The minimum absolute atomic E-state index is 0.0723. The summed E-state index contributed by atoms with van der Waals surface area (Å²) in [6.45, 7) is 3.43. The summed E-state index contributed by atoms with van der Waals surface area (Å²) in [5, 5.41) is 10.0. The number of hydrogen-bond acceptors (Lipinski definition) is 6. The molecule has 2 N–H and O–H groups in total. The number of hydrogen-bond donors (Lipinski definition) is 2. The van der Waals surface area contributed by atoms with Gasteiger partial charge in [0.1, 0.15) is 5.82 Å². The van der Waals surface area contributed by atoms with Gasteiger partial charge in [-0.25, -0.2) is 17.5 Å². The molecule has 10 heteroatoms. The molecule has 0 aliphatic heterocycles. The van der Waals surface area contributed by atoms with E-state index in [1.807, 2.05) is 6.07 Å². The van der Waals surface area contributed by atoms with Crippen LogP contribution in [0.1, 0.15) is 34.5 Å². The molecule has 0 saturated carbocycles. The average molecular weight is 420 g/mol. The fourth-order valence-electron chi connectivity index (χ4n) is 2.46. The zero-order chi connectivity index (χ0) is 20.3. The van der Waals surface area contributed by atoms with Crippen molar-refractivity contribution in [3.8, 4) is 0 Å². The van der Waals surface area contributed by atoms with Crippen LogP contribution in [0.3, 0.4) is 0 Å². The third-order valence-corrected chi connectivity index (χ3v) is 6.70. The van der Waals surface area contributed by atoms with Crippen LogP contribution in [-0.4, -0.2) is 24.5 Å². The summed E-state index contributed by atoms with van der Waals surface area (Å²) in [7, 11) is -3.96. The van der Waals surface area contributed by atoms with Crippen LogP contribution in [0.25, 0.3) is 0 Å². The van der Waals surface area contributed by atoms with Crippen molar-refractivity contribution in [1.29, 1.82) is 0 Å². The second-order valence-electron chi connectivity index (χ2n) is 6.04. The van der Waals surface area contributed by atoms with E-state index < -0.39 is 27.8 Å². The van der Waals surface area contributed by atoms with E-state index >= 15 is 0 Å². The average Bonchev–Trinajstić information content (AvgIpc) is 3.11. The number of amides is 1. The second kappa shape index (κ2) is 8.13. The number of benzene rings is 2. The Balaban J connectivity index is 1.72. The van der Waals surface area contributed by atoms with Gasteiger partial charge in [-0.2, -0.15) is 0 Å². The van der Waals surface area contributed by atoms with Crippen molar-refractivity contribution in [2.24, 2.45) is 0 Å². The normalized spacial score (nSPS) is 12.5. The molecule has 2 aromatic carbocycles. The smallest absolute Gasteiger partial charge is 0.270 e. The topological polar surface area (TPSA) is 101 Å². The molecule has 1 heterocycles. The highest BCUT2D eigenvalue weighted by molar-refractivity contribution is 7.91. The first-order valence-corrected chi connectivity index (χ1v) is 10.5. The molecule has 0 aliphatic carbocycles. The molecule has 1 aromatic heterocycles. The number of rotatable bonds is 6. The fourth-order valence-corrected chi connectivity index (χ4v) is 4.61. The number of nitrogens with zero attached hydrogens (tertiary/aromatic N) is 2. The lowest BCUT2D eigenvalue weighted by atomic mass is 10.1. The number of aryl methyl sites for hydroxylation is 1. The number of halogens is 1. The largest absolute Gasteiger partial charge is 0.296 e. The van der Waals surface area contributed by atoms with Gasteiger partial charge in [-0.1, -0.05) is 41.7 Å². The molecule has 1 amide bonds. The third kappa shape index (κ3) is 4.58. The van der Waals surface area contributed by atoms with Crippen molar-refractivity contribution in [1.82, 2.24) is 14.9 Å². The van der Waals surface area contributed by atoms with E-state index in [0.29, 0.717) is 11.1 Å². The van der Waals surface area contributed by atoms with E-state index in [1.54, 1.807) is 32.0 Å². The van der Waals surface area contributed by atoms with E-state index in [2.05, 4.69) is 20.2 Å². The maximum atomic E-state index is 13.0. The number of carbonyl (C=O) groups is 1. The number of sulfonamides is 1. The van der Waals surface area contributed by atoms with Gasteiger partial charge >= 0.3 is 0 Å². The summed E-state index contributed by atoms with van der Waals surface area (Å²) in [5.41, 5.74) is 1.85. The van der Waals surface area contributed by atoms with Gasteiger partial charge < -0.3 is 0 Å². The first-order chi connectivity index (χ1) is 13.3. The minimum Gasteiger partial charge on any atom is -0.296 e. The van der Waals surface area contributed by atoms with E-state index in [9.17, 15) is 17.6 Å². The number of carbonyl (C=O) groups excluding carboxylic acids is 1. The molecule has 0 saturated heterocycles. The predicted molar refractivity (Wildman–Crippen MR) is 104 cm³/mol. The predicted octanol–water partition coefficient (Wildman–Crippen LogP) is 3.28. The van der Waals surface area contributed by atoms with Crippen LogP contribution >= 0.6 is 11.3 Å². The number of nitrogens with one attached hydrogen (secondary N) is 2. The van der Waals surface area contributed by atoms with Crippen LogP contribution < -0.4 is 10.0 Å². The number of aromatic nitrogens is 2. The zero-order valence-corrected chi connectivity index (χ0v) is 16.6. The molecule has 0 spiro atoms. The van der Waals surface area contributed by atoms with Crippen LogP contribution in [0, 0.1) is 12.7 Å². The molecule has 0 unspecified atom stereocenters. The molecule has 3 aromatic rings. The van der Waals surface area contributed by atoms with Crippen molar-refractivity contribution in [2.75, 3.05) is 5.32 Å². The molecule has 146 valence electrons. The van der Waals surface area contributed by atoms with E-state index in [-0.39, 0.29) is 9.47 Å². The van der Waals surface area contributed by atoms with Crippen molar-refractivity contribution in [2.45, 2.75) is 24.2 Å². The lowest BCUT2D eigenvalue weighted by Gasteiger charge is -2.12. The van der Waals surface area contributed by atoms with E-state index in [4.69, 9.17) is 0 Å². The molecule has 0 fully saturated rings. The van der Waals surface area contributed by atoms with Gasteiger partial charge in [-0.15, -0.1) is 10.2 Å². The Morgan fingerprint density at radius 1 is 1.11 bits per heavy atom. The monoisotopic (exact) mass is 420 g/mol. The summed E-state index contributed by atoms with van der Waals surface area (Å²) in [5.74, 6) is -0.803. The van der Waals surface area contributed by atoms with Gasteiger partial charge in [-0.05, 0) is 43.2 Å². The highest BCUT2D eigenvalue weighted by atomic mass is 32.2. The quantitative estimate of drug-likeness (QED) is 0.596. The minimum atomic E-state index is -3.96. The Kier molecular flexibility index (Phi) is 5.82. The number of anilines is 1. The van der Waals surface area contributed by atoms with Crippen LogP contribution in [0.5, 0.6) is 0 Å². The Bertz CT molecular complexity index is 1100. The van der Waals surface area contributed by atoms with Crippen LogP contribution in [0.4, 0.5) is 9.52 Å². The van der Waals surface area contributed by atoms with Crippen LogP contribution in [-0.2, 0) is 10.0 Å². The molecule has 3 rings (SSSR count). The first kappa shape index (κ1) is 20.1. The van der Waals surface area contributed by atoms with Gasteiger partial charge in [0.2, 0.25) is 9.47 Å². The van der Waals surface area contributed by atoms with Crippen molar-refractivity contribution >= 4 is 32.4 Å². The SMILES string of the molecule is Cc1ccccc1C(=O)Nc1nnc(S(=O)(=O)N[C@@H](C)c2ccc(F)cc2)s1. The van der Waals surface area contributed by atoms with Crippen molar-refractivity contribution in [3.63, 3.8) is 0 Å². The fraction of sp³-hybridized carbons (Fsp3) is 0.167. The standard InChI is InChI=1S/C18H17FN4O3S2/c1-11-5-3-4-6-15(11)16(24)20-17-21-22-18(27-17)28(25,26)23-12(2)13-7-9-14(19)10-8-13/h3-10,12,23H,1-2H3,(H,20,21,24)/t12-/m0/s1. The third-order valence-electron chi connectivity index (χ3n) is 3.95. The van der Waals surface area contributed by atoms with Gasteiger partial charge in [0.25, 0.3) is 15.9 Å². The molecule has 0 radical (unpaired) electrons. The first-order valence-electron chi connectivity index (χ1n) is 8.24. The lowest BCUT2D eigenvalue weighted by molar-refractivity contribution is 0.102. The molecular weight excluding hydrogens is 403 g/mol. The zero-order valence-electron chi connectivity index (χ0n) is 15.0. The summed E-state index contributed by atoms with van der Waals surface area (Å²) in [4.78, 5) is 12.3. The molecule has 7 nitrogen and oxygen atoms in total. The van der Waals surface area contributed by atoms with Gasteiger partial charge in [0.05, 0.1) is 0 Å². The summed E-state index contributed by atoms with van der Waals surface area (Å²) >= 11 is 0.744. The van der Waals surface area contributed by atoms with E-state index in [0.717, 1.165) is 16.9 Å². The Morgan fingerprint density at radius 3 is 2.46 bits per heavy atom. The Labute approximate surface area is 165 Å². The molecule has 1 atom stereocenters. The second-order valence-corrected chi connectivity index (χ2v) is 8.90. The van der Waals surface area contributed by atoms with Gasteiger partial charge in [0.15, 0.2) is 0 Å². The summed E-state index contributed by atoms with van der Waals surface area (Å²) in [6, 6.07) is 11.9. The van der Waals surface area contributed by atoms with Crippen LogP contribution in [0.2, 0.25) is 0 Å². The van der Waals surface area contributed by atoms with Gasteiger partial charge in [0, 0.05) is 11.6 Å². The Hall–Kier alpha value is -2.69. The molecule has 0 bridgehead atoms.